The van der Waals surface area contributed by atoms with Gasteiger partial charge in [0.2, 0.25) is 0 Å². The van der Waals surface area contributed by atoms with E-state index in [1.165, 1.54) is 34.9 Å². The van der Waals surface area contributed by atoms with Crippen molar-refractivity contribution in [2.75, 3.05) is 20.4 Å². The molecule has 0 aliphatic rings. The quantitative estimate of drug-likeness (QED) is 0.154. The molecule has 0 N–H and O–H groups in total. The lowest BCUT2D eigenvalue weighted by atomic mass is 10.1. The smallest absolute Gasteiger partial charge is 0.339 e. The van der Waals surface area contributed by atoms with Crippen LogP contribution >= 0.6 is 7.26 Å². The van der Waals surface area contributed by atoms with Crippen LogP contribution in [0.25, 0.3) is 0 Å². The van der Waals surface area contributed by atoms with E-state index in [1.54, 1.807) is 0 Å². The molecule has 0 radical (unpaired) electrons. The Bertz CT molecular complexity index is 1440. The van der Waals surface area contributed by atoms with Gasteiger partial charge in [0.15, 0.2) is 0 Å². The second-order valence-electron chi connectivity index (χ2n) is 9.04. The first-order valence-corrected chi connectivity index (χ1v) is 16.4. The Kier molecular flexibility index (Phi) is 11.4. The average Bonchev–Trinajstić information content (AvgIpc) is 3.02. The second-order valence-corrected chi connectivity index (χ2v) is 14.0. The molecule has 0 fully saturated rings. The number of methoxy groups -OCH3 is 2. The van der Waals surface area contributed by atoms with E-state index in [2.05, 4.69) is 107 Å². The zero-order chi connectivity index (χ0) is 29.9. The molecule has 0 atom stereocenters. The molecule has 0 saturated carbocycles. The Morgan fingerprint density at radius 3 is 1.51 bits per heavy atom. The highest BCUT2D eigenvalue weighted by molar-refractivity contribution is 7.95. The molecule has 214 valence electrons. The minimum Gasteiger partial charge on any atom is -0.744 e. The number of benzene rings is 4. The van der Waals surface area contributed by atoms with Crippen LogP contribution < -0.4 is 15.9 Å². The molecule has 0 spiro atoms. The predicted octanol–water partition coefficient (Wildman–Crippen LogP) is 4.94. The van der Waals surface area contributed by atoms with Gasteiger partial charge in [-0.05, 0) is 61.0 Å². The molecule has 0 bridgehead atoms. The fourth-order valence-electron chi connectivity index (χ4n) is 4.53. The van der Waals surface area contributed by atoms with Gasteiger partial charge in [-0.3, -0.25) is 0 Å². The van der Waals surface area contributed by atoms with Crippen molar-refractivity contribution in [2.45, 2.75) is 24.7 Å². The zero-order valence-electron chi connectivity index (χ0n) is 23.2. The second kappa shape index (κ2) is 14.7. The van der Waals surface area contributed by atoms with E-state index >= 15 is 0 Å². The van der Waals surface area contributed by atoms with Crippen LogP contribution in [0.3, 0.4) is 0 Å². The molecule has 4 aromatic rings. The van der Waals surface area contributed by atoms with Crippen molar-refractivity contribution in [1.82, 2.24) is 0 Å². The van der Waals surface area contributed by atoms with E-state index in [1.807, 2.05) is 0 Å². The standard InChI is InChI=1S/C22H24P.C10H10O7S/c1-2-3-19-23(20-13-7-4-8-14-20,21-15-9-5-10-16-21)22-17-11-6-12-18-22;1-16-9(11)6-3-4-7(10(12)17-2)8(5-6)18(13,14)15/h4-18H,2-3,19H2,1H3;3-5H,1-2H3,(H,13,14,15)/q+1;/p-1. The third-order valence-electron chi connectivity index (χ3n) is 6.52. The molecule has 0 heterocycles. The van der Waals surface area contributed by atoms with Gasteiger partial charge >= 0.3 is 11.9 Å². The number of ether oxygens (including phenoxy) is 2. The first kappa shape index (κ1) is 31.7. The fraction of sp³-hybridized carbons (Fsp3) is 0.188. The van der Waals surface area contributed by atoms with Gasteiger partial charge in [0.1, 0.15) is 33.3 Å². The van der Waals surface area contributed by atoms with E-state index in [4.69, 9.17) is 0 Å². The van der Waals surface area contributed by atoms with Gasteiger partial charge in [0, 0.05) is 0 Å². The van der Waals surface area contributed by atoms with Crippen molar-refractivity contribution in [1.29, 1.82) is 0 Å². The van der Waals surface area contributed by atoms with Crippen LogP contribution in [0.1, 0.15) is 40.5 Å². The Morgan fingerprint density at radius 2 is 1.15 bits per heavy atom. The number of carbonyl (C=O) groups is 2. The third kappa shape index (κ3) is 7.67. The molecular weight excluding hydrogens is 559 g/mol. The summed E-state index contributed by atoms with van der Waals surface area (Å²) in [5.74, 6) is -1.81. The van der Waals surface area contributed by atoms with Crippen LogP contribution in [0, 0.1) is 0 Å². The van der Waals surface area contributed by atoms with Gasteiger partial charge in [-0.25, -0.2) is 18.0 Å². The van der Waals surface area contributed by atoms with Crippen LogP contribution in [0.4, 0.5) is 0 Å². The van der Waals surface area contributed by atoms with Gasteiger partial charge in [-0.15, -0.1) is 0 Å². The van der Waals surface area contributed by atoms with Crippen LogP contribution in [0.15, 0.2) is 114 Å². The summed E-state index contributed by atoms with van der Waals surface area (Å²) in [6.07, 6.45) is 3.72. The van der Waals surface area contributed by atoms with Crippen LogP contribution in [0.2, 0.25) is 0 Å². The number of unbranched alkanes of at least 4 members (excludes halogenated alkanes) is 1. The predicted molar refractivity (Wildman–Crippen MR) is 162 cm³/mol. The summed E-state index contributed by atoms with van der Waals surface area (Å²) >= 11 is 0. The Balaban J connectivity index is 0.000000233. The molecule has 0 aliphatic heterocycles. The van der Waals surface area contributed by atoms with Gasteiger partial charge in [0.25, 0.3) is 0 Å². The van der Waals surface area contributed by atoms with Crippen molar-refractivity contribution in [2.24, 2.45) is 0 Å². The van der Waals surface area contributed by atoms with E-state index in [-0.39, 0.29) is 5.56 Å². The molecule has 41 heavy (non-hydrogen) atoms. The molecule has 0 unspecified atom stereocenters. The summed E-state index contributed by atoms with van der Waals surface area (Å²) in [5, 5.41) is 4.47. The van der Waals surface area contributed by atoms with E-state index in [0.29, 0.717) is 0 Å². The molecule has 4 rings (SSSR count). The van der Waals surface area contributed by atoms with Crippen LogP contribution in [-0.4, -0.2) is 45.3 Å². The van der Waals surface area contributed by atoms with Crippen molar-refractivity contribution >= 4 is 45.2 Å². The first-order valence-electron chi connectivity index (χ1n) is 13.0. The minimum absolute atomic E-state index is 0.153. The lowest BCUT2D eigenvalue weighted by molar-refractivity contribution is 0.0583. The number of hydrogen-bond acceptors (Lipinski definition) is 7. The number of carbonyl (C=O) groups excluding carboxylic acids is 2. The van der Waals surface area contributed by atoms with E-state index in [9.17, 15) is 22.6 Å². The fourth-order valence-corrected chi connectivity index (χ4v) is 9.72. The topological polar surface area (TPSA) is 110 Å². The van der Waals surface area contributed by atoms with E-state index in [0.717, 1.165) is 32.4 Å². The largest absolute Gasteiger partial charge is 0.744 e. The van der Waals surface area contributed by atoms with Crippen molar-refractivity contribution in [3.05, 3.63) is 120 Å². The van der Waals surface area contributed by atoms with Gasteiger partial charge < -0.3 is 14.0 Å². The maximum absolute atomic E-state index is 11.3. The SMILES string of the molecule is CCCC[P+](c1ccccc1)(c1ccccc1)c1ccccc1.COC(=O)c1ccc(C(=O)OC)c(S(=O)(=O)[O-])c1. The molecule has 7 nitrogen and oxygen atoms in total. The average molecular weight is 593 g/mol. The Morgan fingerprint density at radius 1 is 0.707 bits per heavy atom. The maximum Gasteiger partial charge on any atom is 0.339 e. The third-order valence-corrected chi connectivity index (χ3v) is 11.9. The number of rotatable bonds is 9. The van der Waals surface area contributed by atoms with Crippen LogP contribution in [0.5, 0.6) is 0 Å². The van der Waals surface area contributed by atoms with Crippen molar-refractivity contribution in [3.63, 3.8) is 0 Å². The maximum atomic E-state index is 11.3. The molecule has 4 aromatic carbocycles. The molecular formula is C32H33O7PS. The number of hydrogen-bond donors (Lipinski definition) is 0. The van der Waals surface area contributed by atoms with Gasteiger partial charge in [-0.1, -0.05) is 67.9 Å². The zero-order valence-corrected chi connectivity index (χ0v) is 24.9. The highest BCUT2D eigenvalue weighted by Crippen LogP contribution is 2.55. The summed E-state index contributed by atoms with van der Waals surface area (Å²) in [5.41, 5.74) is -0.584. The molecule has 0 aromatic heterocycles. The van der Waals surface area contributed by atoms with Crippen molar-refractivity contribution in [3.8, 4) is 0 Å². The summed E-state index contributed by atoms with van der Waals surface area (Å²) in [6.45, 7) is 2.29. The normalized spacial score (nSPS) is 11.1. The monoisotopic (exact) mass is 592 g/mol. The molecule has 0 amide bonds. The summed E-state index contributed by atoms with van der Waals surface area (Å²) in [6, 6.07) is 36.3. The molecule has 0 aliphatic carbocycles. The molecule has 9 heteroatoms. The number of esters is 2. The van der Waals surface area contributed by atoms with Gasteiger partial charge in [-0.2, -0.15) is 0 Å². The summed E-state index contributed by atoms with van der Waals surface area (Å²) in [4.78, 5) is 21.7. The lowest BCUT2D eigenvalue weighted by Crippen LogP contribution is -2.33. The summed E-state index contributed by atoms with van der Waals surface area (Å²) in [7, 11) is -4.34. The summed E-state index contributed by atoms with van der Waals surface area (Å²) < 4.78 is 41.8. The molecule has 0 saturated heterocycles. The highest BCUT2D eigenvalue weighted by Gasteiger charge is 2.44. The first-order chi connectivity index (χ1) is 19.7. The Labute approximate surface area is 242 Å². The van der Waals surface area contributed by atoms with Gasteiger partial charge in [0.05, 0.1) is 36.4 Å². The van der Waals surface area contributed by atoms with Crippen molar-refractivity contribution < 1.29 is 32.0 Å². The van der Waals surface area contributed by atoms with Crippen LogP contribution in [-0.2, 0) is 19.6 Å². The lowest BCUT2D eigenvalue weighted by Gasteiger charge is -2.27. The Hall–Kier alpha value is -3.84. The highest BCUT2D eigenvalue weighted by atomic mass is 32.2. The van der Waals surface area contributed by atoms with E-state index < -0.39 is 39.8 Å². The minimum atomic E-state index is -4.91.